The molecule has 0 radical (unpaired) electrons. The van der Waals surface area contributed by atoms with Crippen molar-refractivity contribution in [2.45, 2.75) is 36.4 Å². The van der Waals surface area contributed by atoms with Gasteiger partial charge in [-0.1, -0.05) is 12.1 Å². The van der Waals surface area contributed by atoms with E-state index in [9.17, 15) is 31.2 Å². The van der Waals surface area contributed by atoms with Crippen LogP contribution in [-0.2, 0) is 27.4 Å². The molecule has 0 atom stereocenters. The summed E-state index contributed by atoms with van der Waals surface area (Å²) in [5.41, 5.74) is 7.18. The molecular formula is C26H24F3N5O4S. The number of hydrogen-bond acceptors (Lipinski definition) is 6. The molecule has 0 spiro atoms. The van der Waals surface area contributed by atoms with Crippen molar-refractivity contribution >= 4 is 33.3 Å². The Hall–Kier alpha value is -3.97. The van der Waals surface area contributed by atoms with Crippen molar-refractivity contribution in [2.75, 3.05) is 23.7 Å². The molecule has 13 heteroatoms. The summed E-state index contributed by atoms with van der Waals surface area (Å²) in [6, 6.07) is 11.7. The Morgan fingerprint density at radius 1 is 1.05 bits per heavy atom. The minimum absolute atomic E-state index is 0.107. The molecule has 5 rings (SSSR count). The van der Waals surface area contributed by atoms with E-state index < -0.39 is 27.7 Å². The summed E-state index contributed by atoms with van der Waals surface area (Å²) in [6.07, 6.45) is -2.67. The second kappa shape index (κ2) is 9.97. The number of pyridine rings is 1. The van der Waals surface area contributed by atoms with Gasteiger partial charge in [-0.2, -0.15) is 17.5 Å². The number of anilines is 2. The molecule has 2 aromatic carbocycles. The largest absolute Gasteiger partial charge is 0.417 e. The number of halogens is 3. The summed E-state index contributed by atoms with van der Waals surface area (Å²) in [5.74, 6) is -0.617. The van der Waals surface area contributed by atoms with Crippen LogP contribution in [0.4, 0.5) is 24.7 Å². The third kappa shape index (κ3) is 5.45. The van der Waals surface area contributed by atoms with Crippen LogP contribution in [-0.4, -0.2) is 48.7 Å². The van der Waals surface area contributed by atoms with E-state index in [2.05, 4.69) is 15.6 Å². The molecule has 9 nitrogen and oxygen atoms in total. The fraction of sp³-hybridized carbons (Fsp3) is 0.269. The summed E-state index contributed by atoms with van der Waals surface area (Å²) < 4.78 is 66.1. The summed E-state index contributed by atoms with van der Waals surface area (Å²) in [7, 11) is -3.78. The molecule has 2 amide bonds. The fourth-order valence-electron chi connectivity index (χ4n) is 4.77. The maximum atomic E-state index is 13.2. The monoisotopic (exact) mass is 559 g/mol. The maximum Gasteiger partial charge on any atom is 0.417 e. The number of sulfonamides is 1. The lowest BCUT2D eigenvalue weighted by Crippen LogP contribution is -2.42. The molecule has 0 saturated carbocycles. The van der Waals surface area contributed by atoms with Gasteiger partial charge in [0.25, 0.3) is 5.91 Å². The zero-order valence-corrected chi connectivity index (χ0v) is 21.3. The Morgan fingerprint density at radius 2 is 1.74 bits per heavy atom. The smallest absolute Gasteiger partial charge is 0.367 e. The minimum atomic E-state index is -4.46. The summed E-state index contributed by atoms with van der Waals surface area (Å²) >= 11 is 0. The molecule has 0 aliphatic carbocycles. The molecule has 3 aromatic rings. The van der Waals surface area contributed by atoms with Gasteiger partial charge in [0.05, 0.1) is 28.1 Å². The Balaban J connectivity index is 1.25. The average Bonchev–Trinajstić information content (AvgIpc) is 3.28. The highest BCUT2D eigenvalue weighted by atomic mass is 32.2. The first-order chi connectivity index (χ1) is 18.4. The SMILES string of the molecule is NC(=O)c1cc(-c2ccc(S(=O)(=O)N3CCC(Nc4ccc(C(F)(F)F)cn4)CC3)cc2)cc2c1NC(=O)C2. The van der Waals surface area contributed by atoms with Crippen molar-refractivity contribution in [3.63, 3.8) is 0 Å². The Labute approximate surface area is 222 Å². The van der Waals surface area contributed by atoms with E-state index in [1.54, 1.807) is 24.3 Å². The standard InChI is InChI=1S/C26H24F3N5O4S/c27-26(28,29)18-3-6-22(31-14-18)32-19-7-9-34(10-8-19)39(37,38)20-4-1-15(2-5-20)16-11-17-13-23(35)33-24(17)21(12-16)25(30)36/h1-6,11-12,14,19H,7-10,13H2,(H2,30,36)(H,31,32)(H,33,35). The second-order valence-electron chi connectivity index (χ2n) is 9.42. The Bertz CT molecular complexity index is 1530. The van der Waals surface area contributed by atoms with Crippen molar-refractivity contribution in [1.82, 2.24) is 9.29 Å². The van der Waals surface area contributed by atoms with Crippen LogP contribution in [0.25, 0.3) is 11.1 Å². The zero-order valence-electron chi connectivity index (χ0n) is 20.5. The number of fused-ring (bicyclic) bond motifs is 1. The van der Waals surface area contributed by atoms with Gasteiger partial charge in [0.1, 0.15) is 5.82 Å². The molecule has 0 unspecified atom stereocenters. The lowest BCUT2D eigenvalue weighted by Gasteiger charge is -2.32. The van der Waals surface area contributed by atoms with Crippen LogP contribution in [0.3, 0.4) is 0 Å². The van der Waals surface area contributed by atoms with Crippen LogP contribution in [0.2, 0.25) is 0 Å². The van der Waals surface area contributed by atoms with E-state index in [4.69, 9.17) is 5.73 Å². The number of aromatic nitrogens is 1. The second-order valence-corrected chi connectivity index (χ2v) is 11.4. The summed E-state index contributed by atoms with van der Waals surface area (Å²) in [4.78, 5) is 27.7. The molecule has 4 N–H and O–H groups in total. The third-order valence-electron chi connectivity index (χ3n) is 6.82. The van der Waals surface area contributed by atoms with E-state index in [0.29, 0.717) is 41.0 Å². The van der Waals surface area contributed by atoms with Crippen molar-refractivity contribution in [3.05, 3.63) is 71.4 Å². The molecule has 2 aliphatic heterocycles. The number of nitrogens with zero attached hydrogens (tertiary/aromatic N) is 2. The molecule has 1 fully saturated rings. The highest BCUT2D eigenvalue weighted by molar-refractivity contribution is 7.89. The van der Waals surface area contributed by atoms with Crippen LogP contribution in [0.1, 0.15) is 34.3 Å². The normalized spacial score (nSPS) is 16.5. The molecule has 0 bridgehead atoms. The summed E-state index contributed by atoms with van der Waals surface area (Å²) in [5, 5.41) is 5.71. The van der Waals surface area contributed by atoms with Crippen LogP contribution in [0, 0.1) is 0 Å². The molecule has 1 saturated heterocycles. The highest BCUT2D eigenvalue weighted by Gasteiger charge is 2.32. The van der Waals surface area contributed by atoms with E-state index >= 15 is 0 Å². The van der Waals surface area contributed by atoms with Crippen molar-refractivity contribution in [3.8, 4) is 11.1 Å². The number of carbonyl (C=O) groups is 2. The Morgan fingerprint density at radius 3 is 2.33 bits per heavy atom. The lowest BCUT2D eigenvalue weighted by molar-refractivity contribution is -0.137. The van der Waals surface area contributed by atoms with Gasteiger partial charge >= 0.3 is 6.18 Å². The van der Waals surface area contributed by atoms with Gasteiger partial charge in [0.15, 0.2) is 0 Å². The molecule has 204 valence electrons. The molecule has 2 aliphatic rings. The van der Waals surface area contributed by atoms with Crippen LogP contribution in [0.5, 0.6) is 0 Å². The van der Waals surface area contributed by atoms with Crippen LogP contribution >= 0.6 is 0 Å². The highest BCUT2D eigenvalue weighted by Crippen LogP contribution is 2.34. The molecule has 39 heavy (non-hydrogen) atoms. The number of nitrogens with two attached hydrogens (primary N) is 1. The van der Waals surface area contributed by atoms with Crippen molar-refractivity contribution < 1.29 is 31.2 Å². The lowest BCUT2D eigenvalue weighted by atomic mass is 9.97. The first kappa shape index (κ1) is 26.6. The average molecular weight is 560 g/mol. The van der Waals surface area contributed by atoms with Gasteiger partial charge in [-0.3, -0.25) is 9.59 Å². The quantitative estimate of drug-likeness (QED) is 0.422. The van der Waals surface area contributed by atoms with Gasteiger partial charge in [0, 0.05) is 25.3 Å². The van der Waals surface area contributed by atoms with Crippen molar-refractivity contribution in [1.29, 1.82) is 0 Å². The zero-order chi connectivity index (χ0) is 27.9. The topological polar surface area (TPSA) is 134 Å². The predicted octanol–water partition coefficient (Wildman–Crippen LogP) is 3.63. The molecule has 1 aromatic heterocycles. The molecular weight excluding hydrogens is 535 g/mol. The van der Waals surface area contributed by atoms with E-state index in [-0.39, 0.29) is 41.9 Å². The number of alkyl halides is 3. The van der Waals surface area contributed by atoms with E-state index in [1.165, 1.54) is 22.5 Å². The minimum Gasteiger partial charge on any atom is -0.367 e. The fourth-order valence-corrected chi connectivity index (χ4v) is 6.24. The van der Waals surface area contributed by atoms with Crippen LogP contribution in [0.15, 0.2) is 59.6 Å². The van der Waals surface area contributed by atoms with Gasteiger partial charge in [-0.25, -0.2) is 13.4 Å². The number of benzene rings is 2. The third-order valence-corrected chi connectivity index (χ3v) is 8.74. The number of primary amides is 1. The van der Waals surface area contributed by atoms with Crippen molar-refractivity contribution in [2.24, 2.45) is 5.73 Å². The first-order valence-electron chi connectivity index (χ1n) is 12.1. The van der Waals surface area contributed by atoms with Gasteiger partial charge in [0.2, 0.25) is 15.9 Å². The van der Waals surface area contributed by atoms with Gasteiger partial charge in [-0.15, -0.1) is 0 Å². The predicted molar refractivity (Wildman–Crippen MR) is 137 cm³/mol. The van der Waals surface area contributed by atoms with E-state index in [1.807, 2.05) is 0 Å². The van der Waals surface area contributed by atoms with E-state index in [0.717, 1.165) is 12.3 Å². The van der Waals surface area contributed by atoms with Gasteiger partial charge < -0.3 is 16.4 Å². The van der Waals surface area contributed by atoms with Gasteiger partial charge in [-0.05, 0) is 65.9 Å². The Kier molecular flexibility index (Phi) is 6.81. The number of amides is 2. The number of nitrogens with one attached hydrogen (secondary N) is 2. The number of rotatable bonds is 6. The first-order valence-corrected chi connectivity index (χ1v) is 13.5. The summed E-state index contributed by atoms with van der Waals surface area (Å²) in [6.45, 7) is 0.465. The maximum absolute atomic E-state index is 13.2. The number of carbonyl (C=O) groups excluding carboxylic acids is 2. The number of piperidine rings is 1. The number of hydrogen-bond donors (Lipinski definition) is 3. The molecule has 3 heterocycles. The van der Waals surface area contributed by atoms with Crippen LogP contribution < -0.4 is 16.4 Å².